The van der Waals surface area contributed by atoms with E-state index in [1.807, 2.05) is 0 Å². The highest BCUT2D eigenvalue weighted by Gasteiger charge is 2.15. The summed E-state index contributed by atoms with van der Waals surface area (Å²) in [6, 6.07) is 14.6. The monoisotopic (exact) mass is 493 g/mol. The molecule has 11 heteroatoms. The van der Waals surface area contributed by atoms with Gasteiger partial charge in [-0.1, -0.05) is 46.9 Å². The van der Waals surface area contributed by atoms with Gasteiger partial charge in [0, 0.05) is 17.8 Å². The van der Waals surface area contributed by atoms with Gasteiger partial charge >= 0.3 is 6.03 Å². The van der Waals surface area contributed by atoms with E-state index in [0.717, 1.165) is 0 Å². The second-order valence-corrected chi connectivity index (χ2v) is 7.37. The Bertz CT molecular complexity index is 1220. The van der Waals surface area contributed by atoms with Gasteiger partial charge in [-0.25, -0.2) is 4.79 Å². The van der Waals surface area contributed by atoms with E-state index >= 15 is 0 Å². The quantitative estimate of drug-likeness (QED) is 0.178. The summed E-state index contributed by atoms with van der Waals surface area (Å²) in [5.74, 6) is 0.564. The topological polar surface area (TPSA) is 103 Å². The van der Waals surface area contributed by atoms with Gasteiger partial charge in [-0.05, 0) is 36.4 Å². The Balaban J connectivity index is 1.74. The van der Waals surface area contributed by atoms with Crippen molar-refractivity contribution in [1.29, 1.82) is 0 Å². The van der Waals surface area contributed by atoms with Crippen LogP contribution in [0.15, 0.2) is 65.7 Å². The van der Waals surface area contributed by atoms with Gasteiger partial charge in [0.1, 0.15) is 16.5 Å². The Kier molecular flexibility index (Phi) is 7.53. The molecule has 8 nitrogen and oxygen atoms in total. The summed E-state index contributed by atoms with van der Waals surface area (Å²) in [4.78, 5) is 26.5. The van der Waals surface area contributed by atoms with Crippen LogP contribution in [0.5, 0.6) is 11.5 Å². The highest BCUT2D eigenvalue weighted by molar-refractivity contribution is 6.34. The summed E-state index contributed by atoms with van der Waals surface area (Å²) in [6.07, 6.45) is 0. The highest BCUT2D eigenvalue weighted by Crippen LogP contribution is 2.35. The maximum absolute atomic E-state index is 12.3. The van der Waals surface area contributed by atoms with Crippen LogP contribution in [-0.2, 0) is 4.74 Å². The molecule has 0 aliphatic heterocycles. The summed E-state index contributed by atoms with van der Waals surface area (Å²) in [5.41, 5.74) is 0.582. The van der Waals surface area contributed by atoms with Crippen molar-refractivity contribution in [2.75, 3.05) is 12.4 Å². The third-order valence-corrected chi connectivity index (χ3v) is 4.96. The minimum atomic E-state index is -0.700. The molecule has 3 aromatic rings. The number of carbonyl (C=O) groups is 1. The average Bonchev–Trinajstić information content (AvgIpc) is 2.74. The number of nitro benzene ring substituents is 1. The SMILES string of the molecule is CO/C(=N\C(=O)Nc1ccc(Oc2ccc([N+](=O)[O-])c(Cl)c2)c(Cl)c1)c1ccccc1Cl. The fourth-order valence-electron chi connectivity index (χ4n) is 2.58. The van der Waals surface area contributed by atoms with Crippen LogP contribution in [0.2, 0.25) is 15.1 Å². The van der Waals surface area contributed by atoms with Gasteiger partial charge < -0.3 is 14.8 Å². The summed E-state index contributed by atoms with van der Waals surface area (Å²) in [7, 11) is 1.38. The van der Waals surface area contributed by atoms with E-state index in [2.05, 4.69) is 10.3 Å². The van der Waals surface area contributed by atoms with Crippen LogP contribution in [0.1, 0.15) is 5.56 Å². The average molecular weight is 495 g/mol. The number of nitrogens with zero attached hydrogens (tertiary/aromatic N) is 2. The first kappa shape index (κ1) is 23.3. The molecule has 0 radical (unpaired) electrons. The predicted octanol–water partition coefficient (Wildman–Crippen LogP) is 6.97. The number of methoxy groups -OCH3 is 1. The number of hydrogen-bond donors (Lipinski definition) is 1. The van der Waals surface area contributed by atoms with Crippen molar-refractivity contribution < 1.29 is 19.2 Å². The lowest BCUT2D eigenvalue weighted by molar-refractivity contribution is -0.384. The number of amides is 2. The molecule has 0 atom stereocenters. The van der Waals surface area contributed by atoms with Crippen molar-refractivity contribution in [3.8, 4) is 11.5 Å². The summed E-state index contributed by atoms with van der Waals surface area (Å²) in [5, 5.41) is 13.9. The van der Waals surface area contributed by atoms with Gasteiger partial charge in [-0.3, -0.25) is 10.1 Å². The van der Waals surface area contributed by atoms with Gasteiger partial charge in [0.25, 0.3) is 5.69 Å². The third kappa shape index (κ3) is 5.67. The van der Waals surface area contributed by atoms with Crippen LogP contribution < -0.4 is 10.1 Å². The number of nitro groups is 1. The lowest BCUT2D eigenvalue weighted by Gasteiger charge is -2.10. The van der Waals surface area contributed by atoms with Crippen molar-refractivity contribution in [1.82, 2.24) is 0 Å². The maximum atomic E-state index is 12.3. The number of ether oxygens (including phenoxy) is 2. The molecule has 0 bridgehead atoms. The zero-order valence-corrected chi connectivity index (χ0v) is 18.6. The number of rotatable bonds is 5. The number of hydrogen-bond acceptors (Lipinski definition) is 5. The molecule has 0 saturated heterocycles. The van der Waals surface area contributed by atoms with Gasteiger partial charge in [0.2, 0.25) is 5.90 Å². The van der Waals surface area contributed by atoms with Crippen molar-refractivity contribution in [2.45, 2.75) is 0 Å². The van der Waals surface area contributed by atoms with Gasteiger partial charge in [0.15, 0.2) is 0 Å². The summed E-state index contributed by atoms with van der Waals surface area (Å²) < 4.78 is 10.8. The highest BCUT2D eigenvalue weighted by atomic mass is 35.5. The number of anilines is 1. The number of halogens is 3. The van der Waals surface area contributed by atoms with Crippen LogP contribution in [0, 0.1) is 10.1 Å². The molecule has 0 aliphatic rings. The zero-order valence-electron chi connectivity index (χ0n) is 16.3. The molecule has 2 amide bonds. The molecule has 0 aromatic heterocycles. The standard InChI is InChI=1S/C21H14Cl3N3O5/c1-31-20(14-4-2-3-5-15(14)22)26-21(28)25-12-6-9-19(17(24)10-12)32-13-7-8-18(27(29)30)16(23)11-13/h2-11H,1H3,(H,25,28)/b26-20-. The van der Waals surface area contributed by atoms with Crippen LogP contribution in [0.25, 0.3) is 0 Å². The minimum Gasteiger partial charge on any atom is -0.480 e. The molecule has 0 heterocycles. The molecule has 3 rings (SSSR count). The van der Waals surface area contributed by atoms with Crippen molar-refractivity contribution >= 4 is 58.1 Å². The van der Waals surface area contributed by atoms with Crippen molar-refractivity contribution in [2.24, 2.45) is 4.99 Å². The Morgan fingerprint density at radius 3 is 2.38 bits per heavy atom. The van der Waals surface area contributed by atoms with Crippen LogP contribution >= 0.6 is 34.8 Å². The van der Waals surface area contributed by atoms with Crippen molar-refractivity contribution in [3.05, 3.63) is 91.4 Å². The molecular formula is C21H14Cl3N3O5. The fraction of sp³-hybridized carbons (Fsp3) is 0.0476. The molecule has 0 unspecified atom stereocenters. The molecule has 0 fully saturated rings. The molecule has 0 aliphatic carbocycles. The summed E-state index contributed by atoms with van der Waals surface area (Å²) in [6.45, 7) is 0. The lowest BCUT2D eigenvalue weighted by Crippen LogP contribution is -2.13. The second-order valence-electron chi connectivity index (χ2n) is 6.15. The van der Waals surface area contributed by atoms with Gasteiger partial charge in [-0.15, -0.1) is 0 Å². The van der Waals surface area contributed by atoms with E-state index in [-0.39, 0.29) is 33.1 Å². The van der Waals surface area contributed by atoms with E-state index < -0.39 is 11.0 Å². The van der Waals surface area contributed by atoms with E-state index in [1.54, 1.807) is 30.3 Å². The Morgan fingerprint density at radius 2 is 1.75 bits per heavy atom. The smallest absolute Gasteiger partial charge is 0.348 e. The molecule has 3 aromatic carbocycles. The number of nitrogens with one attached hydrogen (secondary N) is 1. The maximum Gasteiger partial charge on any atom is 0.348 e. The largest absolute Gasteiger partial charge is 0.480 e. The first-order valence-electron chi connectivity index (χ1n) is 8.88. The summed E-state index contributed by atoms with van der Waals surface area (Å²) >= 11 is 18.2. The Labute approximate surface area is 197 Å². The Hall–Kier alpha value is -3.33. The first-order valence-corrected chi connectivity index (χ1v) is 10.0. The van der Waals surface area contributed by atoms with Gasteiger partial charge in [0.05, 0.1) is 27.6 Å². The van der Waals surface area contributed by atoms with Crippen LogP contribution in [0.4, 0.5) is 16.2 Å². The molecular weight excluding hydrogens is 481 g/mol. The third-order valence-electron chi connectivity index (χ3n) is 4.03. The fourth-order valence-corrected chi connectivity index (χ4v) is 3.26. The molecule has 0 saturated carbocycles. The lowest BCUT2D eigenvalue weighted by atomic mass is 10.2. The van der Waals surface area contributed by atoms with Crippen LogP contribution in [0.3, 0.4) is 0 Å². The predicted molar refractivity (Wildman–Crippen MR) is 124 cm³/mol. The zero-order chi connectivity index (χ0) is 23.3. The van der Waals surface area contributed by atoms with Crippen molar-refractivity contribution in [3.63, 3.8) is 0 Å². The number of aliphatic imine (C=N–C) groups is 1. The number of carbonyl (C=O) groups excluding carboxylic acids is 1. The molecule has 32 heavy (non-hydrogen) atoms. The van der Waals surface area contributed by atoms with E-state index in [9.17, 15) is 14.9 Å². The van der Waals surface area contributed by atoms with Gasteiger partial charge in [-0.2, -0.15) is 4.99 Å². The molecule has 164 valence electrons. The molecule has 1 N–H and O–H groups in total. The number of urea groups is 1. The first-order chi connectivity index (χ1) is 15.3. The van der Waals surface area contributed by atoms with Crippen LogP contribution in [-0.4, -0.2) is 24.0 Å². The minimum absolute atomic E-state index is 0.0502. The van der Waals surface area contributed by atoms with E-state index in [4.69, 9.17) is 44.3 Å². The molecule has 0 spiro atoms. The van der Waals surface area contributed by atoms with E-state index in [0.29, 0.717) is 16.3 Å². The Morgan fingerprint density at radius 1 is 1.00 bits per heavy atom. The van der Waals surface area contributed by atoms with E-state index in [1.165, 1.54) is 37.4 Å². The second kappa shape index (κ2) is 10.3. The normalized spacial score (nSPS) is 11.1. The number of benzene rings is 3.